The van der Waals surface area contributed by atoms with Crippen molar-refractivity contribution in [2.24, 2.45) is 0 Å². The fourth-order valence-electron chi connectivity index (χ4n) is 2.94. The zero-order valence-electron chi connectivity index (χ0n) is 13.3. The fraction of sp³-hybridized carbons (Fsp3) is 0.286. The van der Waals surface area contributed by atoms with Gasteiger partial charge in [0.05, 0.1) is 11.2 Å². The highest BCUT2D eigenvalue weighted by atomic mass is 14.7. The quantitative estimate of drug-likeness (QED) is 0.505. The standard InChI is InChI=1S/C21H23N/c1-2-3-4-6-14-19-16-18-13-9-10-15-20(18)22-21(19)17-11-7-5-8-12-17/h5,7-13,15-16H,2-4,6,14H2,1H3. The first-order valence-electron chi connectivity index (χ1n) is 8.32. The second-order valence-electron chi connectivity index (χ2n) is 5.87. The maximum Gasteiger partial charge on any atom is 0.0741 e. The van der Waals surface area contributed by atoms with E-state index in [1.807, 2.05) is 0 Å². The molecule has 0 saturated heterocycles. The topological polar surface area (TPSA) is 12.9 Å². The highest BCUT2D eigenvalue weighted by Crippen LogP contribution is 2.27. The monoisotopic (exact) mass is 289 g/mol. The molecule has 2 aromatic carbocycles. The van der Waals surface area contributed by atoms with Crippen LogP contribution in [0.1, 0.15) is 38.2 Å². The Balaban J connectivity index is 1.99. The molecule has 1 aromatic heterocycles. The van der Waals surface area contributed by atoms with Crippen LogP contribution in [0.4, 0.5) is 0 Å². The molecule has 0 unspecified atom stereocenters. The van der Waals surface area contributed by atoms with E-state index in [2.05, 4.69) is 67.6 Å². The second kappa shape index (κ2) is 7.22. The maximum absolute atomic E-state index is 4.94. The molecule has 0 radical (unpaired) electrons. The van der Waals surface area contributed by atoms with Crippen molar-refractivity contribution in [1.82, 2.24) is 4.98 Å². The zero-order valence-corrected chi connectivity index (χ0v) is 13.3. The lowest BCUT2D eigenvalue weighted by Crippen LogP contribution is -1.95. The number of aryl methyl sites for hydroxylation is 1. The van der Waals surface area contributed by atoms with Crippen molar-refractivity contribution in [3.8, 4) is 11.3 Å². The minimum absolute atomic E-state index is 1.08. The van der Waals surface area contributed by atoms with Crippen molar-refractivity contribution >= 4 is 10.9 Å². The summed E-state index contributed by atoms with van der Waals surface area (Å²) in [6.07, 6.45) is 6.26. The summed E-state index contributed by atoms with van der Waals surface area (Å²) < 4.78 is 0. The lowest BCUT2D eigenvalue weighted by Gasteiger charge is -2.11. The van der Waals surface area contributed by atoms with E-state index in [4.69, 9.17) is 4.98 Å². The van der Waals surface area contributed by atoms with Gasteiger partial charge in [0.15, 0.2) is 0 Å². The van der Waals surface area contributed by atoms with Crippen LogP contribution >= 0.6 is 0 Å². The van der Waals surface area contributed by atoms with Crippen LogP contribution in [0.25, 0.3) is 22.2 Å². The Hall–Kier alpha value is -2.15. The van der Waals surface area contributed by atoms with E-state index in [0.717, 1.165) is 17.6 Å². The van der Waals surface area contributed by atoms with Crippen molar-refractivity contribution in [1.29, 1.82) is 0 Å². The van der Waals surface area contributed by atoms with Crippen LogP contribution in [0, 0.1) is 0 Å². The van der Waals surface area contributed by atoms with Crippen LogP contribution in [-0.2, 0) is 6.42 Å². The number of benzene rings is 2. The minimum Gasteiger partial charge on any atom is -0.248 e. The summed E-state index contributed by atoms with van der Waals surface area (Å²) in [7, 11) is 0. The molecule has 3 rings (SSSR count). The summed E-state index contributed by atoms with van der Waals surface area (Å²) in [6.45, 7) is 2.26. The third-order valence-electron chi connectivity index (χ3n) is 4.15. The third kappa shape index (κ3) is 3.36. The highest BCUT2D eigenvalue weighted by molar-refractivity contribution is 5.83. The van der Waals surface area contributed by atoms with Crippen LogP contribution in [-0.4, -0.2) is 4.98 Å². The molecule has 0 spiro atoms. The number of para-hydroxylation sites is 1. The third-order valence-corrected chi connectivity index (χ3v) is 4.15. The summed E-state index contributed by atoms with van der Waals surface area (Å²) in [4.78, 5) is 4.94. The lowest BCUT2D eigenvalue weighted by atomic mass is 9.98. The molecule has 112 valence electrons. The first-order valence-corrected chi connectivity index (χ1v) is 8.32. The highest BCUT2D eigenvalue weighted by Gasteiger charge is 2.08. The van der Waals surface area contributed by atoms with Crippen molar-refractivity contribution in [2.75, 3.05) is 0 Å². The van der Waals surface area contributed by atoms with E-state index in [0.29, 0.717) is 0 Å². The van der Waals surface area contributed by atoms with Gasteiger partial charge in [-0.25, -0.2) is 4.98 Å². The number of rotatable bonds is 6. The fourth-order valence-corrected chi connectivity index (χ4v) is 2.94. The Morgan fingerprint density at radius 3 is 2.41 bits per heavy atom. The van der Waals surface area contributed by atoms with E-state index >= 15 is 0 Å². The van der Waals surface area contributed by atoms with Crippen LogP contribution < -0.4 is 0 Å². The van der Waals surface area contributed by atoms with Gasteiger partial charge in [-0.3, -0.25) is 0 Å². The van der Waals surface area contributed by atoms with E-state index in [-0.39, 0.29) is 0 Å². The van der Waals surface area contributed by atoms with Crippen LogP contribution in [0.15, 0.2) is 60.7 Å². The van der Waals surface area contributed by atoms with Crippen LogP contribution in [0.5, 0.6) is 0 Å². The van der Waals surface area contributed by atoms with E-state index in [9.17, 15) is 0 Å². The molecule has 0 N–H and O–H groups in total. The number of nitrogens with zero attached hydrogens (tertiary/aromatic N) is 1. The zero-order chi connectivity index (χ0) is 15.2. The van der Waals surface area contributed by atoms with Gasteiger partial charge in [0.25, 0.3) is 0 Å². The van der Waals surface area contributed by atoms with Crippen LogP contribution in [0.3, 0.4) is 0 Å². The predicted octanol–water partition coefficient (Wildman–Crippen LogP) is 6.02. The largest absolute Gasteiger partial charge is 0.248 e. The van der Waals surface area contributed by atoms with Gasteiger partial charge in [0, 0.05) is 10.9 Å². The SMILES string of the molecule is CCCCCCc1cc2ccccc2nc1-c1ccccc1. The van der Waals surface area contributed by atoms with Crippen molar-refractivity contribution in [3.63, 3.8) is 0 Å². The average Bonchev–Trinajstić information content (AvgIpc) is 2.59. The normalized spacial score (nSPS) is 11.0. The van der Waals surface area contributed by atoms with Gasteiger partial charge in [-0.1, -0.05) is 74.7 Å². The molecule has 0 bridgehead atoms. The Bertz CT molecular complexity index is 731. The summed E-state index contributed by atoms with van der Waals surface area (Å²) in [6, 6.07) is 21.3. The molecular weight excluding hydrogens is 266 g/mol. The molecule has 1 nitrogen and oxygen atoms in total. The Morgan fingerprint density at radius 1 is 0.818 bits per heavy atom. The van der Waals surface area contributed by atoms with Crippen molar-refractivity contribution in [2.45, 2.75) is 39.0 Å². The van der Waals surface area contributed by atoms with Gasteiger partial charge in [-0.15, -0.1) is 0 Å². The molecule has 22 heavy (non-hydrogen) atoms. The first kappa shape index (κ1) is 14.8. The Kier molecular flexibility index (Phi) is 4.85. The van der Waals surface area contributed by atoms with Gasteiger partial charge >= 0.3 is 0 Å². The van der Waals surface area contributed by atoms with E-state index < -0.39 is 0 Å². The summed E-state index contributed by atoms with van der Waals surface area (Å²) in [5.41, 5.74) is 4.83. The lowest BCUT2D eigenvalue weighted by molar-refractivity contribution is 0.667. The van der Waals surface area contributed by atoms with Gasteiger partial charge in [0.1, 0.15) is 0 Å². The molecule has 3 aromatic rings. The van der Waals surface area contributed by atoms with Gasteiger partial charge in [-0.2, -0.15) is 0 Å². The molecule has 0 saturated carbocycles. The summed E-state index contributed by atoms with van der Waals surface area (Å²) in [5, 5.41) is 1.24. The molecule has 0 atom stereocenters. The number of aromatic nitrogens is 1. The Labute approximate surface area is 133 Å². The van der Waals surface area contributed by atoms with Gasteiger partial charge in [0.2, 0.25) is 0 Å². The molecule has 1 heterocycles. The van der Waals surface area contributed by atoms with E-state index in [1.54, 1.807) is 0 Å². The van der Waals surface area contributed by atoms with Gasteiger partial charge < -0.3 is 0 Å². The summed E-state index contributed by atoms with van der Waals surface area (Å²) >= 11 is 0. The van der Waals surface area contributed by atoms with Crippen molar-refractivity contribution < 1.29 is 0 Å². The summed E-state index contributed by atoms with van der Waals surface area (Å²) in [5.74, 6) is 0. The first-order chi connectivity index (χ1) is 10.9. The maximum atomic E-state index is 4.94. The van der Waals surface area contributed by atoms with Crippen LogP contribution in [0.2, 0.25) is 0 Å². The molecular formula is C21H23N. The Morgan fingerprint density at radius 2 is 1.59 bits per heavy atom. The van der Waals surface area contributed by atoms with Gasteiger partial charge in [-0.05, 0) is 30.5 Å². The smallest absolute Gasteiger partial charge is 0.0741 e. The number of fused-ring (bicyclic) bond motifs is 1. The average molecular weight is 289 g/mol. The molecule has 0 aliphatic rings. The minimum atomic E-state index is 1.08. The number of unbranched alkanes of at least 4 members (excludes halogenated alkanes) is 3. The molecule has 1 heteroatoms. The second-order valence-corrected chi connectivity index (χ2v) is 5.87. The number of hydrogen-bond donors (Lipinski definition) is 0. The molecule has 0 amide bonds. The van der Waals surface area contributed by atoms with E-state index in [1.165, 1.54) is 42.2 Å². The predicted molar refractivity (Wildman–Crippen MR) is 95.0 cm³/mol. The number of pyridine rings is 1. The molecule has 0 aliphatic heterocycles. The van der Waals surface area contributed by atoms with Crippen molar-refractivity contribution in [3.05, 3.63) is 66.2 Å². The molecule has 0 fully saturated rings. The molecule has 0 aliphatic carbocycles. The number of hydrogen-bond acceptors (Lipinski definition) is 1.